The minimum Gasteiger partial charge on any atom is -0.396 e. The van der Waals surface area contributed by atoms with Crippen molar-refractivity contribution in [1.82, 2.24) is 0 Å². The highest BCUT2D eigenvalue weighted by molar-refractivity contribution is 5.62. The van der Waals surface area contributed by atoms with Gasteiger partial charge in [0.2, 0.25) is 0 Å². The van der Waals surface area contributed by atoms with E-state index in [0.717, 1.165) is 57.8 Å². The number of fused-ring (bicyclic) bond motifs is 7. The Morgan fingerprint density at radius 1 is 0.808 bits per heavy atom. The molecule has 5 aliphatic carbocycles. The van der Waals surface area contributed by atoms with E-state index in [-0.39, 0.29) is 40.8 Å². The summed E-state index contributed by atoms with van der Waals surface area (Å²) < 4.78 is 24.4. The number of ether oxygens (including phenoxy) is 4. The molecule has 7 rings (SSSR count). The predicted molar refractivity (Wildman–Crippen MR) is 190 cm³/mol. The van der Waals surface area contributed by atoms with Crippen molar-refractivity contribution in [2.24, 2.45) is 56.7 Å². The standard InChI is InChI=1S/C41H66O11/c1-21(2)23-10-15-41(20-43)17-16-39(6)24(29(23)41)8-9-27-37(4)13-12-28(38(5,19-42)26(37)11-14-40(27,39)7)51-36-34(31(46)25(44)18-49-36)52-35-33(48)32(47)30(45)22(3)50-35/h20,22-36,42,44-48H,1,8-19H2,2-7H3/t22-,23-,24?,25-,26+,27+,28-,29+,30-,31-,32+,33+,34?,35-,36-,37-,38-,39+,40+,41+/m0/s1. The molecule has 0 spiro atoms. The molecule has 2 saturated heterocycles. The zero-order chi connectivity index (χ0) is 37.8. The Bertz CT molecular complexity index is 1360. The van der Waals surface area contributed by atoms with E-state index < -0.39 is 66.8 Å². The molecule has 0 amide bonds. The molecule has 0 radical (unpaired) electrons. The summed E-state index contributed by atoms with van der Waals surface area (Å²) in [5.41, 5.74) is 0.453. The maximum absolute atomic E-state index is 12.9. The van der Waals surface area contributed by atoms with Crippen LogP contribution in [0.3, 0.4) is 0 Å². The fourth-order valence-corrected chi connectivity index (χ4v) is 14.1. The Kier molecular flexibility index (Phi) is 10.3. The first-order valence-electron chi connectivity index (χ1n) is 20.1. The second kappa shape index (κ2) is 13.6. The number of aliphatic hydroxyl groups is 6. The summed E-state index contributed by atoms with van der Waals surface area (Å²) in [6.07, 6.45) is -1.23. The molecule has 6 N–H and O–H groups in total. The number of aldehydes is 1. The SMILES string of the molecule is C=C(C)[C@@H]1CC[C@]2(C=O)CC[C@]3(C)C(CC[C@@H]4[C@@]5(C)CC[C@H](O[C@@H]6OC[C@H](O)[C@H](O)C6O[C@@H]6O[C@@H](C)[C@H](O)[C@@H](O)[C@H]6O)[C@@](C)(CO)[C@@H]5CC[C@]43C)[C@@H]12. The van der Waals surface area contributed by atoms with E-state index in [9.17, 15) is 35.4 Å². The second-order valence-electron chi connectivity index (χ2n) is 19.4. The first-order chi connectivity index (χ1) is 24.4. The minimum atomic E-state index is -1.61. The molecule has 0 aromatic heterocycles. The van der Waals surface area contributed by atoms with Crippen LogP contribution in [0.2, 0.25) is 0 Å². The van der Waals surface area contributed by atoms with Crippen LogP contribution in [0.25, 0.3) is 0 Å². The summed E-state index contributed by atoms with van der Waals surface area (Å²) in [5.74, 6) is 1.81. The molecule has 20 atom stereocenters. The average Bonchev–Trinajstić information content (AvgIpc) is 3.51. The van der Waals surface area contributed by atoms with E-state index in [1.165, 1.54) is 11.9 Å². The highest BCUT2D eigenvalue weighted by atomic mass is 16.8. The van der Waals surface area contributed by atoms with E-state index in [0.29, 0.717) is 30.1 Å². The topological polar surface area (TPSA) is 175 Å². The van der Waals surface area contributed by atoms with Gasteiger partial charge in [-0.1, -0.05) is 39.8 Å². The van der Waals surface area contributed by atoms with Gasteiger partial charge in [0.1, 0.15) is 42.9 Å². The number of allylic oxidation sites excluding steroid dienone is 1. The lowest BCUT2D eigenvalue weighted by Crippen LogP contribution is -2.68. The van der Waals surface area contributed by atoms with Gasteiger partial charge in [0.15, 0.2) is 12.6 Å². The molecule has 11 heteroatoms. The lowest BCUT2D eigenvalue weighted by atomic mass is 9.32. The van der Waals surface area contributed by atoms with E-state index in [4.69, 9.17) is 18.9 Å². The van der Waals surface area contributed by atoms with Crippen molar-refractivity contribution in [3.05, 3.63) is 12.2 Å². The third-order valence-corrected chi connectivity index (χ3v) is 17.3. The summed E-state index contributed by atoms with van der Waals surface area (Å²) in [7, 11) is 0. The number of carbonyl (C=O) groups is 1. The first-order valence-corrected chi connectivity index (χ1v) is 20.1. The maximum atomic E-state index is 12.9. The van der Waals surface area contributed by atoms with Crippen LogP contribution in [0.15, 0.2) is 12.2 Å². The number of carbonyl (C=O) groups excluding carboxylic acids is 1. The summed E-state index contributed by atoms with van der Waals surface area (Å²) in [6.45, 7) is 17.5. The van der Waals surface area contributed by atoms with Crippen molar-refractivity contribution < 1.29 is 54.4 Å². The monoisotopic (exact) mass is 734 g/mol. The second-order valence-corrected chi connectivity index (χ2v) is 19.4. The number of hydrogen-bond acceptors (Lipinski definition) is 11. The Morgan fingerprint density at radius 3 is 2.21 bits per heavy atom. The van der Waals surface area contributed by atoms with Crippen LogP contribution in [0.1, 0.15) is 106 Å². The third kappa shape index (κ3) is 5.52. The van der Waals surface area contributed by atoms with E-state index in [1.807, 2.05) is 0 Å². The molecule has 52 heavy (non-hydrogen) atoms. The van der Waals surface area contributed by atoms with Gasteiger partial charge in [-0.3, -0.25) is 0 Å². The Balaban J connectivity index is 1.13. The molecule has 296 valence electrons. The van der Waals surface area contributed by atoms with Crippen molar-refractivity contribution in [3.8, 4) is 0 Å². The summed E-state index contributed by atoms with van der Waals surface area (Å²) in [5, 5.41) is 64.2. The Morgan fingerprint density at radius 2 is 1.54 bits per heavy atom. The fraction of sp³-hybridized carbons (Fsp3) is 0.927. The molecule has 11 nitrogen and oxygen atoms in total. The lowest BCUT2D eigenvalue weighted by molar-refractivity contribution is -0.366. The number of hydrogen-bond donors (Lipinski definition) is 6. The van der Waals surface area contributed by atoms with Crippen molar-refractivity contribution in [2.45, 2.75) is 167 Å². The molecular weight excluding hydrogens is 668 g/mol. The van der Waals surface area contributed by atoms with Crippen LogP contribution in [0.4, 0.5) is 0 Å². The highest BCUT2D eigenvalue weighted by Gasteiger charge is 2.71. The zero-order valence-electron chi connectivity index (χ0n) is 32.2. The largest absolute Gasteiger partial charge is 0.396 e. The number of rotatable bonds is 7. The molecule has 0 bridgehead atoms. The third-order valence-electron chi connectivity index (χ3n) is 17.3. The van der Waals surface area contributed by atoms with Crippen molar-refractivity contribution in [1.29, 1.82) is 0 Å². The smallest absolute Gasteiger partial charge is 0.187 e. The van der Waals surface area contributed by atoms with Gasteiger partial charge in [-0.15, -0.1) is 0 Å². The molecule has 0 aromatic carbocycles. The summed E-state index contributed by atoms with van der Waals surface area (Å²) >= 11 is 0. The molecule has 0 aromatic rings. The van der Waals surface area contributed by atoms with Crippen molar-refractivity contribution >= 4 is 6.29 Å². The van der Waals surface area contributed by atoms with Gasteiger partial charge >= 0.3 is 0 Å². The first kappa shape index (κ1) is 39.3. The van der Waals surface area contributed by atoms with Crippen molar-refractivity contribution in [2.75, 3.05) is 13.2 Å². The predicted octanol–water partition coefficient (Wildman–Crippen LogP) is 3.49. The van der Waals surface area contributed by atoms with Gasteiger partial charge in [0.25, 0.3) is 0 Å². The molecule has 7 fully saturated rings. The highest BCUT2D eigenvalue weighted by Crippen LogP contribution is 2.77. The molecule has 5 saturated carbocycles. The molecule has 2 heterocycles. The van der Waals surface area contributed by atoms with Gasteiger partial charge in [0, 0.05) is 10.8 Å². The molecule has 2 unspecified atom stereocenters. The van der Waals surface area contributed by atoms with Crippen LogP contribution in [0.5, 0.6) is 0 Å². The minimum absolute atomic E-state index is 0.0624. The summed E-state index contributed by atoms with van der Waals surface area (Å²) in [4.78, 5) is 12.9. The zero-order valence-corrected chi connectivity index (χ0v) is 32.2. The molecule has 2 aliphatic heterocycles. The molecule has 7 aliphatic rings. The van der Waals surface area contributed by atoms with Crippen LogP contribution in [0, 0.1) is 56.7 Å². The Hall–Kier alpha value is -0.990. The van der Waals surface area contributed by atoms with Crippen LogP contribution >= 0.6 is 0 Å². The van der Waals surface area contributed by atoms with Gasteiger partial charge in [-0.25, -0.2) is 0 Å². The van der Waals surface area contributed by atoms with Crippen molar-refractivity contribution in [3.63, 3.8) is 0 Å². The Labute approximate surface area is 309 Å². The van der Waals surface area contributed by atoms with Gasteiger partial charge < -0.3 is 54.4 Å². The summed E-state index contributed by atoms with van der Waals surface area (Å²) in [6, 6.07) is 0. The van der Waals surface area contributed by atoms with E-state index in [2.05, 4.69) is 41.2 Å². The maximum Gasteiger partial charge on any atom is 0.187 e. The number of aliphatic hydroxyl groups excluding tert-OH is 6. The van der Waals surface area contributed by atoms with Gasteiger partial charge in [0.05, 0.1) is 25.4 Å². The lowest BCUT2D eigenvalue weighted by Gasteiger charge is -2.73. The van der Waals surface area contributed by atoms with E-state index in [1.54, 1.807) is 6.92 Å². The van der Waals surface area contributed by atoms with E-state index >= 15 is 0 Å². The van der Waals surface area contributed by atoms with Crippen LogP contribution < -0.4 is 0 Å². The fourth-order valence-electron chi connectivity index (χ4n) is 14.1. The van der Waals surface area contributed by atoms with Gasteiger partial charge in [-0.2, -0.15) is 0 Å². The quantitative estimate of drug-likeness (QED) is 0.128. The van der Waals surface area contributed by atoms with Crippen LogP contribution in [-0.4, -0.2) is 112 Å². The average molecular weight is 735 g/mol. The molecular formula is C41H66O11. The van der Waals surface area contributed by atoms with Crippen LogP contribution in [-0.2, 0) is 23.7 Å². The normalized spacial score (nSPS) is 57.6. The van der Waals surface area contributed by atoms with Gasteiger partial charge in [-0.05, 0) is 124 Å².